The zero-order valence-corrected chi connectivity index (χ0v) is 18.3. The van der Waals surface area contributed by atoms with E-state index in [1.54, 1.807) is 25.3 Å². The quantitative estimate of drug-likeness (QED) is 0.697. The van der Waals surface area contributed by atoms with Crippen molar-refractivity contribution < 1.29 is 14.3 Å². The highest BCUT2D eigenvalue weighted by atomic mass is 32.2. The lowest BCUT2D eigenvalue weighted by Crippen LogP contribution is -2.34. The summed E-state index contributed by atoms with van der Waals surface area (Å²) in [5, 5.41) is 2.95. The van der Waals surface area contributed by atoms with Crippen LogP contribution in [0.3, 0.4) is 0 Å². The summed E-state index contributed by atoms with van der Waals surface area (Å²) in [5.41, 5.74) is 2.61. The van der Waals surface area contributed by atoms with E-state index in [-0.39, 0.29) is 12.0 Å². The molecule has 0 radical (unpaired) electrons. The number of amides is 1. The van der Waals surface area contributed by atoms with Crippen LogP contribution in [0.25, 0.3) is 0 Å². The average molecular weight is 415 g/mol. The van der Waals surface area contributed by atoms with Crippen LogP contribution in [0.4, 0.5) is 5.69 Å². The van der Waals surface area contributed by atoms with Gasteiger partial charge in [-0.05, 0) is 56.2 Å². The van der Waals surface area contributed by atoms with Crippen molar-refractivity contribution in [3.05, 3.63) is 53.6 Å². The zero-order chi connectivity index (χ0) is 20.6. The third-order valence-electron chi connectivity index (χ3n) is 4.82. The molecule has 1 N–H and O–H groups in total. The Morgan fingerprint density at radius 2 is 1.83 bits per heavy atom. The van der Waals surface area contributed by atoms with Crippen LogP contribution >= 0.6 is 11.8 Å². The molecule has 1 fully saturated rings. The molecular weight excluding hydrogens is 384 g/mol. The molecule has 2 aromatic carbocycles. The Balaban J connectivity index is 1.57. The van der Waals surface area contributed by atoms with Crippen LogP contribution in [-0.2, 0) is 6.42 Å². The van der Waals surface area contributed by atoms with E-state index < -0.39 is 0 Å². The molecule has 1 aliphatic heterocycles. The maximum absolute atomic E-state index is 12.6. The number of anilines is 1. The van der Waals surface area contributed by atoms with Gasteiger partial charge in [-0.2, -0.15) is 11.8 Å². The van der Waals surface area contributed by atoms with Gasteiger partial charge in [-0.15, -0.1) is 0 Å². The molecule has 0 saturated carbocycles. The van der Waals surface area contributed by atoms with E-state index in [1.165, 1.54) is 30.2 Å². The van der Waals surface area contributed by atoms with E-state index in [1.807, 2.05) is 37.7 Å². The number of nitrogens with one attached hydrogen (secondary N) is 1. The fourth-order valence-electron chi connectivity index (χ4n) is 3.23. The molecule has 156 valence electrons. The summed E-state index contributed by atoms with van der Waals surface area (Å²) < 4.78 is 11.1. The van der Waals surface area contributed by atoms with Crippen molar-refractivity contribution in [2.45, 2.75) is 26.4 Å². The summed E-state index contributed by atoms with van der Waals surface area (Å²) in [5.74, 6) is 3.49. The predicted octanol–water partition coefficient (Wildman–Crippen LogP) is 4.33. The van der Waals surface area contributed by atoms with Gasteiger partial charge in [0.2, 0.25) is 0 Å². The summed E-state index contributed by atoms with van der Waals surface area (Å²) in [7, 11) is 1.58. The lowest BCUT2D eigenvalue weighted by atomic mass is 10.1. The Kier molecular flexibility index (Phi) is 7.83. The van der Waals surface area contributed by atoms with E-state index >= 15 is 0 Å². The molecule has 0 spiro atoms. The smallest absolute Gasteiger partial charge is 0.255 e. The summed E-state index contributed by atoms with van der Waals surface area (Å²) in [6, 6.07) is 13.3. The first-order chi connectivity index (χ1) is 14.0. The van der Waals surface area contributed by atoms with E-state index in [4.69, 9.17) is 9.47 Å². The molecule has 29 heavy (non-hydrogen) atoms. The van der Waals surface area contributed by atoms with Crippen LogP contribution in [0.1, 0.15) is 29.8 Å². The Labute approximate surface area is 177 Å². The first-order valence-electron chi connectivity index (χ1n) is 10.1. The van der Waals surface area contributed by atoms with Gasteiger partial charge < -0.3 is 19.7 Å². The second kappa shape index (κ2) is 10.6. The number of ether oxygens (including phenoxy) is 2. The van der Waals surface area contributed by atoms with Crippen molar-refractivity contribution in [2.24, 2.45) is 0 Å². The molecule has 1 aliphatic rings. The Hall–Kier alpha value is -2.18. The highest BCUT2D eigenvalue weighted by Gasteiger charge is 2.13. The second-order valence-electron chi connectivity index (χ2n) is 7.39. The highest BCUT2D eigenvalue weighted by molar-refractivity contribution is 7.99. The van der Waals surface area contributed by atoms with Crippen LogP contribution in [-0.4, -0.2) is 55.2 Å². The summed E-state index contributed by atoms with van der Waals surface area (Å²) >= 11 is 2.03. The van der Waals surface area contributed by atoms with Crippen LogP contribution < -0.4 is 14.8 Å². The molecule has 2 aromatic rings. The number of carbonyl (C=O) groups excluding carboxylic acids is 1. The lowest BCUT2D eigenvalue weighted by molar-refractivity contribution is 0.102. The van der Waals surface area contributed by atoms with Crippen molar-refractivity contribution >= 4 is 23.4 Å². The molecular formula is C23H30N2O3S. The summed E-state index contributed by atoms with van der Waals surface area (Å²) in [6.45, 7) is 7.37. The third-order valence-corrected chi connectivity index (χ3v) is 5.76. The average Bonchev–Trinajstić information content (AvgIpc) is 2.74. The molecule has 5 nitrogen and oxygen atoms in total. The van der Waals surface area contributed by atoms with Crippen LogP contribution in [0.5, 0.6) is 11.5 Å². The predicted molar refractivity (Wildman–Crippen MR) is 121 cm³/mol. The number of nitrogens with zero attached hydrogens (tertiary/aromatic N) is 1. The van der Waals surface area contributed by atoms with E-state index in [9.17, 15) is 4.79 Å². The van der Waals surface area contributed by atoms with Crippen molar-refractivity contribution in [1.29, 1.82) is 0 Å². The molecule has 1 heterocycles. The Morgan fingerprint density at radius 3 is 2.48 bits per heavy atom. The Bertz CT molecular complexity index is 802. The third kappa shape index (κ3) is 6.41. The topological polar surface area (TPSA) is 50.8 Å². The fraction of sp³-hybridized carbons (Fsp3) is 0.435. The minimum absolute atomic E-state index is 0.0379. The molecule has 3 rings (SSSR count). The van der Waals surface area contributed by atoms with Gasteiger partial charge >= 0.3 is 0 Å². The molecule has 0 atom stereocenters. The first kappa shape index (κ1) is 21.5. The van der Waals surface area contributed by atoms with Crippen molar-refractivity contribution in [1.82, 2.24) is 4.90 Å². The van der Waals surface area contributed by atoms with Crippen LogP contribution in [0.15, 0.2) is 42.5 Å². The molecule has 0 aliphatic carbocycles. The number of benzene rings is 2. The molecule has 0 aromatic heterocycles. The monoisotopic (exact) mass is 414 g/mol. The standard InChI is InChI=1S/C23H30N2O3S/c1-17(2)28-21-9-6-19(16-22(21)27-3)23(26)24-20-7-4-18(5-8-20)10-11-25-12-14-29-15-13-25/h4-9,16-17H,10-15H2,1-3H3,(H,24,26). The minimum atomic E-state index is -0.169. The Morgan fingerprint density at radius 1 is 1.10 bits per heavy atom. The van der Waals surface area contributed by atoms with Crippen molar-refractivity contribution in [3.8, 4) is 11.5 Å². The highest BCUT2D eigenvalue weighted by Crippen LogP contribution is 2.29. The van der Waals surface area contributed by atoms with Gasteiger partial charge in [-0.1, -0.05) is 12.1 Å². The number of methoxy groups -OCH3 is 1. The van der Waals surface area contributed by atoms with Crippen molar-refractivity contribution in [3.63, 3.8) is 0 Å². The second-order valence-corrected chi connectivity index (χ2v) is 8.61. The van der Waals surface area contributed by atoms with Gasteiger partial charge in [-0.25, -0.2) is 0 Å². The maximum Gasteiger partial charge on any atom is 0.255 e. The van der Waals surface area contributed by atoms with Gasteiger partial charge in [-0.3, -0.25) is 4.79 Å². The van der Waals surface area contributed by atoms with Gasteiger partial charge in [0, 0.05) is 42.4 Å². The zero-order valence-electron chi connectivity index (χ0n) is 17.4. The molecule has 0 unspecified atom stereocenters. The molecule has 1 saturated heterocycles. The van der Waals surface area contributed by atoms with Crippen molar-refractivity contribution in [2.75, 3.05) is 43.6 Å². The van der Waals surface area contributed by atoms with Crippen LogP contribution in [0.2, 0.25) is 0 Å². The number of thioether (sulfide) groups is 1. The minimum Gasteiger partial charge on any atom is -0.493 e. The largest absolute Gasteiger partial charge is 0.493 e. The first-order valence-corrected chi connectivity index (χ1v) is 11.3. The number of hydrogen-bond donors (Lipinski definition) is 1. The summed E-state index contributed by atoms with van der Waals surface area (Å²) in [6.07, 6.45) is 1.07. The summed E-state index contributed by atoms with van der Waals surface area (Å²) in [4.78, 5) is 15.1. The molecule has 6 heteroatoms. The number of rotatable bonds is 8. The van der Waals surface area contributed by atoms with E-state index in [2.05, 4.69) is 22.3 Å². The number of carbonyl (C=O) groups is 1. The SMILES string of the molecule is COc1cc(C(=O)Nc2ccc(CCN3CCSCC3)cc2)ccc1OC(C)C. The lowest BCUT2D eigenvalue weighted by Gasteiger charge is -2.26. The maximum atomic E-state index is 12.6. The van der Waals surface area contributed by atoms with Gasteiger partial charge in [0.15, 0.2) is 11.5 Å². The van der Waals surface area contributed by atoms with E-state index in [0.29, 0.717) is 17.1 Å². The molecule has 0 bridgehead atoms. The number of hydrogen-bond acceptors (Lipinski definition) is 5. The van der Waals surface area contributed by atoms with E-state index in [0.717, 1.165) is 18.7 Å². The van der Waals surface area contributed by atoms with Gasteiger partial charge in [0.25, 0.3) is 5.91 Å². The van der Waals surface area contributed by atoms with Gasteiger partial charge in [0.1, 0.15) is 0 Å². The van der Waals surface area contributed by atoms with Gasteiger partial charge in [0.05, 0.1) is 13.2 Å². The molecule has 1 amide bonds. The normalized spacial score (nSPS) is 14.6. The fourth-order valence-corrected chi connectivity index (χ4v) is 4.21. The van der Waals surface area contributed by atoms with Crippen LogP contribution in [0, 0.1) is 0 Å².